The topological polar surface area (TPSA) is 133 Å². The van der Waals surface area contributed by atoms with Crippen LogP contribution in [0.3, 0.4) is 0 Å². The van der Waals surface area contributed by atoms with Crippen LogP contribution < -0.4 is 11.1 Å². The molecule has 0 atom stereocenters. The van der Waals surface area contributed by atoms with E-state index in [-0.39, 0.29) is 11.3 Å². The minimum Gasteiger partial charge on any atom is -0.457 e. The maximum absolute atomic E-state index is 11.6. The summed E-state index contributed by atoms with van der Waals surface area (Å²) < 4.78 is 5.52. The Morgan fingerprint density at radius 1 is 1.17 bits per heavy atom. The van der Waals surface area contributed by atoms with Crippen molar-refractivity contribution in [2.45, 2.75) is 0 Å². The second kappa shape index (κ2) is 6.74. The molecule has 0 aliphatic carbocycles. The molecule has 1 aromatic carbocycles. The molecule has 0 radical (unpaired) electrons. The van der Waals surface area contributed by atoms with Gasteiger partial charge in [0, 0.05) is 11.6 Å². The fourth-order valence-corrected chi connectivity index (χ4v) is 1.84. The number of imide groups is 1. The highest BCUT2D eigenvalue weighted by Crippen LogP contribution is 2.26. The molecule has 2 aromatic rings. The molecule has 7 nitrogen and oxygen atoms in total. The second-order valence-electron chi connectivity index (χ2n) is 4.35. The Hall–Kier alpha value is -3.84. The number of carbonyl (C=O) groups excluding carboxylic acids is 2. The van der Waals surface area contributed by atoms with Gasteiger partial charge in [0.05, 0.1) is 11.6 Å². The summed E-state index contributed by atoms with van der Waals surface area (Å²) in [5, 5.41) is 19.8. The van der Waals surface area contributed by atoms with Gasteiger partial charge in [-0.2, -0.15) is 10.5 Å². The largest absolute Gasteiger partial charge is 0.457 e. The Balaban J connectivity index is 2.34. The van der Waals surface area contributed by atoms with Crippen molar-refractivity contribution >= 4 is 18.0 Å². The van der Waals surface area contributed by atoms with Crippen LogP contribution in [0.2, 0.25) is 0 Å². The average Bonchev–Trinajstić information content (AvgIpc) is 3.00. The van der Waals surface area contributed by atoms with Crippen molar-refractivity contribution in [1.29, 1.82) is 10.5 Å². The van der Waals surface area contributed by atoms with Crippen LogP contribution >= 0.6 is 0 Å². The maximum atomic E-state index is 11.6. The lowest BCUT2D eigenvalue weighted by Crippen LogP contribution is -2.35. The Kier molecular flexibility index (Phi) is 4.56. The van der Waals surface area contributed by atoms with E-state index in [0.29, 0.717) is 16.9 Å². The SMILES string of the molecule is N#C/C(=C/c1ccc(-c2ccccc2C#N)o1)C(=O)NC(N)=O. The van der Waals surface area contributed by atoms with Crippen molar-refractivity contribution in [2.24, 2.45) is 5.73 Å². The van der Waals surface area contributed by atoms with Crippen LogP contribution in [0, 0.1) is 22.7 Å². The number of nitrogens with two attached hydrogens (primary N) is 1. The van der Waals surface area contributed by atoms with Crippen LogP contribution in [0.4, 0.5) is 4.79 Å². The number of primary amides is 1. The molecule has 1 aromatic heterocycles. The first kappa shape index (κ1) is 15.5. The van der Waals surface area contributed by atoms with E-state index in [9.17, 15) is 9.59 Å². The highest BCUT2D eigenvalue weighted by molar-refractivity contribution is 6.08. The number of nitrogens with one attached hydrogen (secondary N) is 1. The normalized spacial score (nSPS) is 10.4. The van der Waals surface area contributed by atoms with Crippen LogP contribution in [-0.4, -0.2) is 11.9 Å². The third kappa shape index (κ3) is 3.63. The van der Waals surface area contributed by atoms with Gasteiger partial charge in [-0.25, -0.2) is 4.79 Å². The average molecular weight is 306 g/mol. The number of nitrogens with zero attached hydrogens (tertiary/aromatic N) is 2. The Morgan fingerprint density at radius 2 is 1.91 bits per heavy atom. The van der Waals surface area contributed by atoms with Crippen molar-refractivity contribution in [1.82, 2.24) is 5.32 Å². The molecule has 0 spiro atoms. The van der Waals surface area contributed by atoms with E-state index in [2.05, 4.69) is 6.07 Å². The van der Waals surface area contributed by atoms with E-state index in [1.807, 2.05) is 0 Å². The lowest BCUT2D eigenvalue weighted by atomic mass is 10.1. The highest BCUT2D eigenvalue weighted by atomic mass is 16.3. The molecule has 7 heteroatoms. The van der Waals surface area contributed by atoms with Gasteiger partial charge in [0.15, 0.2) is 0 Å². The number of hydrogen-bond donors (Lipinski definition) is 2. The van der Waals surface area contributed by atoms with E-state index >= 15 is 0 Å². The summed E-state index contributed by atoms with van der Waals surface area (Å²) in [6, 6.07) is 12.7. The fraction of sp³-hybridized carbons (Fsp3) is 0. The second-order valence-corrected chi connectivity index (χ2v) is 4.35. The standard InChI is InChI=1S/C16H10N4O3/c17-8-10-3-1-2-4-13(10)14-6-5-12(23-14)7-11(9-18)15(21)20-16(19)22/h1-7H,(H3,19,20,21,22)/b11-7-. The van der Waals surface area contributed by atoms with Gasteiger partial charge < -0.3 is 10.2 Å². The molecule has 0 fully saturated rings. The van der Waals surface area contributed by atoms with Crippen molar-refractivity contribution in [3.8, 4) is 23.5 Å². The summed E-state index contributed by atoms with van der Waals surface area (Å²) in [5.41, 5.74) is 5.52. The van der Waals surface area contributed by atoms with Gasteiger partial charge in [-0.1, -0.05) is 12.1 Å². The first-order valence-corrected chi connectivity index (χ1v) is 6.37. The number of nitriles is 2. The van der Waals surface area contributed by atoms with Crippen LogP contribution in [0.1, 0.15) is 11.3 Å². The van der Waals surface area contributed by atoms with E-state index in [0.717, 1.165) is 0 Å². The summed E-state index contributed by atoms with van der Waals surface area (Å²) in [6.45, 7) is 0. The predicted octanol–water partition coefficient (Wildman–Crippen LogP) is 1.92. The number of carbonyl (C=O) groups is 2. The number of benzene rings is 1. The number of furan rings is 1. The number of amides is 3. The van der Waals surface area contributed by atoms with E-state index < -0.39 is 11.9 Å². The summed E-state index contributed by atoms with van der Waals surface area (Å²) >= 11 is 0. The molecule has 1 heterocycles. The Labute approximate surface area is 131 Å². The first-order chi connectivity index (χ1) is 11.0. The van der Waals surface area contributed by atoms with Crippen LogP contribution in [0.25, 0.3) is 17.4 Å². The molecule has 0 aliphatic rings. The van der Waals surface area contributed by atoms with Crippen molar-refractivity contribution in [3.05, 3.63) is 53.3 Å². The summed E-state index contributed by atoms with van der Waals surface area (Å²) in [7, 11) is 0. The van der Waals surface area contributed by atoms with Gasteiger partial charge in [0.25, 0.3) is 5.91 Å². The van der Waals surface area contributed by atoms with Gasteiger partial charge in [-0.3, -0.25) is 10.1 Å². The minimum absolute atomic E-state index is 0.226. The molecule has 23 heavy (non-hydrogen) atoms. The molecule has 0 aliphatic heterocycles. The van der Waals surface area contributed by atoms with Crippen LogP contribution in [0.15, 0.2) is 46.4 Å². The van der Waals surface area contributed by atoms with Gasteiger partial charge in [0.2, 0.25) is 0 Å². The number of hydrogen-bond acceptors (Lipinski definition) is 5. The third-order valence-electron chi connectivity index (χ3n) is 2.83. The minimum atomic E-state index is -1.06. The van der Waals surface area contributed by atoms with Crippen LogP contribution in [-0.2, 0) is 4.79 Å². The fourth-order valence-electron chi connectivity index (χ4n) is 1.84. The summed E-state index contributed by atoms with van der Waals surface area (Å²) in [4.78, 5) is 22.2. The molecule has 3 N–H and O–H groups in total. The predicted molar refractivity (Wildman–Crippen MR) is 80.2 cm³/mol. The molecule has 0 saturated carbocycles. The molecular weight excluding hydrogens is 296 g/mol. The Morgan fingerprint density at radius 3 is 2.57 bits per heavy atom. The quantitative estimate of drug-likeness (QED) is 0.660. The zero-order valence-electron chi connectivity index (χ0n) is 11.7. The summed E-state index contributed by atoms with van der Waals surface area (Å²) in [5.74, 6) is -0.278. The van der Waals surface area contributed by atoms with Crippen LogP contribution in [0.5, 0.6) is 0 Å². The molecular formula is C16H10N4O3. The number of rotatable bonds is 3. The third-order valence-corrected chi connectivity index (χ3v) is 2.83. The summed E-state index contributed by atoms with van der Waals surface area (Å²) in [6.07, 6.45) is 1.18. The monoisotopic (exact) mass is 306 g/mol. The maximum Gasteiger partial charge on any atom is 0.319 e. The zero-order chi connectivity index (χ0) is 16.8. The highest BCUT2D eigenvalue weighted by Gasteiger charge is 2.13. The molecule has 2 rings (SSSR count). The van der Waals surface area contributed by atoms with E-state index in [4.69, 9.17) is 20.7 Å². The molecule has 3 amide bonds. The first-order valence-electron chi connectivity index (χ1n) is 6.37. The smallest absolute Gasteiger partial charge is 0.319 e. The lowest BCUT2D eigenvalue weighted by molar-refractivity contribution is -0.115. The van der Waals surface area contributed by atoms with Gasteiger partial charge >= 0.3 is 6.03 Å². The lowest BCUT2D eigenvalue weighted by Gasteiger charge is -1.99. The van der Waals surface area contributed by atoms with E-state index in [1.165, 1.54) is 6.08 Å². The van der Waals surface area contributed by atoms with Crippen molar-refractivity contribution in [2.75, 3.05) is 0 Å². The van der Waals surface area contributed by atoms with Gasteiger partial charge in [-0.15, -0.1) is 0 Å². The van der Waals surface area contributed by atoms with Crippen molar-refractivity contribution in [3.63, 3.8) is 0 Å². The van der Waals surface area contributed by atoms with Gasteiger partial charge in [0.1, 0.15) is 23.2 Å². The molecule has 0 unspecified atom stereocenters. The molecule has 0 saturated heterocycles. The molecule has 112 valence electrons. The Bertz CT molecular complexity index is 881. The van der Waals surface area contributed by atoms with E-state index in [1.54, 1.807) is 47.8 Å². The molecule has 0 bridgehead atoms. The van der Waals surface area contributed by atoms with Gasteiger partial charge in [-0.05, 0) is 24.3 Å². The van der Waals surface area contributed by atoms with Crippen molar-refractivity contribution < 1.29 is 14.0 Å². The number of urea groups is 1. The zero-order valence-corrected chi connectivity index (χ0v) is 11.7.